The van der Waals surface area contributed by atoms with Crippen molar-refractivity contribution in [3.8, 4) is 0 Å². The van der Waals surface area contributed by atoms with Crippen molar-refractivity contribution >= 4 is 0 Å². The monoisotopic (exact) mass is 290 g/mol. The van der Waals surface area contributed by atoms with Gasteiger partial charge in [-0.05, 0) is 50.9 Å². The van der Waals surface area contributed by atoms with E-state index >= 15 is 0 Å². The van der Waals surface area contributed by atoms with Crippen LogP contribution in [0.5, 0.6) is 0 Å². The van der Waals surface area contributed by atoms with Gasteiger partial charge in [-0.1, -0.05) is 31.2 Å². The molecule has 1 aliphatic rings. The van der Waals surface area contributed by atoms with Gasteiger partial charge in [0, 0.05) is 25.7 Å². The number of rotatable bonds is 8. The second kappa shape index (κ2) is 8.52. The van der Waals surface area contributed by atoms with Gasteiger partial charge in [0.25, 0.3) is 0 Å². The van der Waals surface area contributed by atoms with Crippen molar-refractivity contribution in [2.75, 3.05) is 33.3 Å². The summed E-state index contributed by atoms with van der Waals surface area (Å²) in [6, 6.07) is 9.12. The van der Waals surface area contributed by atoms with E-state index in [-0.39, 0.29) is 0 Å². The number of hydrogen-bond donors (Lipinski definition) is 1. The molecule has 1 aromatic carbocycles. The van der Waals surface area contributed by atoms with Gasteiger partial charge in [-0.2, -0.15) is 0 Å². The molecular formula is C18H30N2O. The molecule has 0 radical (unpaired) electrons. The maximum Gasteiger partial charge on any atom is 0.0702 e. The van der Waals surface area contributed by atoms with Gasteiger partial charge in [-0.15, -0.1) is 0 Å². The zero-order valence-electron chi connectivity index (χ0n) is 13.8. The van der Waals surface area contributed by atoms with Crippen molar-refractivity contribution in [2.24, 2.45) is 0 Å². The molecule has 0 aliphatic carbocycles. The van der Waals surface area contributed by atoms with Crippen molar-refractivity contribution in [1.29, 1.82) is 0 Å². The van der Waals surface area contributed by atoms with Crippen LogP contribution >= 0.6 is 0 Å². The van der Waals surface area contributed by atoms with E-state index in [1.54, 1.807) is 0 Å². The number of likely N-dealkylation sites (N-methyl/N-ethyl adjacent to an activating group) is 1. The van der Waals surface area contributed by atoms with E-state index in [0.29, 0.717) is 12.1 Å². The topological polar surface area (TPSA) is 24.5 Å². The Balaban J connectivity index is 1.96. The Labute approximate surface area is 129 Å². The lowest BCUT2D eigenvalue weighted by atomic mass is 10.0. The van der Waals surface area contributed by atoms with E-state index < -0.39 is 0 Å². The molecule has 2 atom stereocenters. The number of aryl methyl sites for hydroxylation is 1. The first-order valence-electron chi connectivity index (χ1n) is 8.29. The highest BCUT2D eigenvalue weighted by Crippen LogP contribution is 2.20. The largest absolute Gasteiger partial charge is 0.377 e. The molecule has 1 aliphatic heterocycles. The molecule has 2 rings (SSSR count). The van der Waals surface area contributed by atoms with Gasteiger partial charge in [0.1, 0.15) is 0 Å². The summed E-state index contributed by atoms with van der Waals surface area (Å²) in [5, 5.41) is 3.70. The predicted molar refractivity (Wildman–Crippen MR) is 88.7 cm³/mol. The Morgan fingerprint density at radius 1 is 1.38 bits per heavy atom. The normalized spacial score (nSPS) is 20.1. The summed E-state index contributed by atoms with van der Waals surface area (Å²) in [6.07, 6.45) is 4.02. The minimum absolute atomic E-state index is 0.401. The Hall–Kier alpha value is -0.900. The molecule has 0 aromatic heterocycles. The van der Waals surface area contributed by atoms with Gasteiger partial charge in [0.05, 0.1) is 6.10 Å². The van der Waals surface area contributed by atoms with Gasteiger partial charge < -0.3 is 15.0 Å². The lowest BCUT2D eigenvalue weighted by Crippen LogP contribution is -2.37. The number of benzene rings is 1. The summed E-state index contributed by atoms with van der Waals surface area (Å²) in [5.41, 5.74) is 2.79. The molecule has 2 unspecified atom stereocenters. The van der Waals surface area contributed by atoms with Gasteiger partial charge in [0.2, 0.25) is 0 Å². The van der Waals surface area contributed by atoms with E-state index in [2.05, 4.69) is 55.4 Å². The summed E-state index contributed by atoms with van der Waals surface area (Å²) in [6.45, 7) is 8.50. The zero-order valence-corrected chi connectivity index (χ0v) is 13.8. The Morgan fingerprint density at radius 3 is 2.86 bits per heavy atom. The van der Waals surface area contributed by atoms with Gasteiger partial charge in [-0.25, -0.2) is 0 Å². The van der Waals surface area contributed by atoms with Crippen molar-refractivity contribution in [1.82, 2.24) is 10.2 Å². The number of nitrogens with one attached hydrogen (secondary N) is 1. The predicted octanol–water partition coefficient (Wildman–Crippen LogP) is 3.15. The summed E-state index contributed by atoms with van der Waals surface area (Å²) < 4.78 is 5.75. The maximum absolute atomic E-state index is 5.75. The minimum Gasteiger partial charge on any atom is -0.377 e. The number of nitrogens with zero attached hydrogens (tertiary/aromatic N) is 1. The van der Waals surface area contributed by atoms with E-state index in [9.17, 15) is 0 Å². The fourth-order valence-corrected chi connectivity index (χ4v) is 3.09. The van der Waals surface area contributed by atoms with Crippen molar-refractivity contribution < 1.29 is 4.74 Å². The molecule has 0 amide bonds. The molecule has 1 N–H and O–H groups in total. The van der Waals surface area contributed by atoms with Crippen LogP contribution in [0.3, 0.4) is 0 Å². The fraction of sp³-hybridized carbons (Fsp3) is 0.667. The van der Waals surface area contributed by atoms with Crippen LogP contribution in [0, 0.1) is 6.92 Å². The average molecular weight is 290 g/mol. The lowest BCUT2D eigenvalue weighted by molar-refractivity contribution is 0.0784. The Kier molecular flexibility index (Phi) is 6.68. The van der Waals surface area contributed by atoms with Crippen molar-refractivity contribution in [3.05, 3.63) is 35.4 Å². The van der Waals surface area contributed by atoms with Crippen molar-refractivity contribution in [2.45, 2.75) is 45.3 Å². The van der Waals surface area contributed by atoms with E-state index in [0.717, 1.165) is 32.7 Å². The second-order valence-electron chi connectivity index (χ2n) is 6.22. The van der Waals surface area contributed by atoms with E-state index in [4.69, 9.17) is 4.74 Å². The van der Waals surface area contributed by atoms with Crippen LogP contribution in [0.2, 0.25) is 0 Å². The second-order valence-corrected chi connectivity index (χ2v) is 6.22. The number of hydrogen-bond acceptors (Lipinski definition) is 3. The van der Waals surface area contributed by atoms with Gasteiger partial charge >= 0.3 is 0 Å². The first-order chi connectivity index (χ1) is 10.2. The highest BCUT2D eigenvalue weighted by Gasteiger charge is 2.20. The molecule has 0 bridgehead atoms. The highest BCUT2D eigenvalue weighted by atomic mass is 16.5. The third-order valence-electron chi connectivity index (χ3n) is 4.24. The quantitative estimate of drug-likeness (QED) is 0.796. The van der Waals surface area contributed by atoms with Crippen LogP contribution in [0.15, 0.2) is 24.3 Å². The van der Waals surface area contributed by atoms with Gasteiger partial charge in [-0.3, -0.25) is 0 Å². The van der Waals surface area contributed by atoms with Crippen molar-refractivity contribution in [3.63, 3.8) is 0 Å². The average Bonchev–Trinajstić information content (AvgIpc) is 2.97. The standard InChI is InChI=1S/C18H30N2O/c1-4-11-19-18(17-10-6-5-8-15(17)2)14-20(3)13-16-9-7-12-21-16/h5-6,8,10,16,18-19H,4,7,9,11-14H2,1-3H3. The van der Waals surface area contributed by atoms with Crippen LogP contribution in [0.25, 0.3) is 0 Å². The van der Waals surface area contributed by atoms with Gasteiger partial charge in [0.15, 0.2) is 0 Å². The smallest absolute Gasteiger partial charge is 0.0702 e. The summed E-state index contributed by atoms with van der Waals surface area (Å²) in [7, 11) is 2.21. The molecule has 0 saturated carbocycles. The highest BCUT2D eigenvalue weighted by molar-refractivity contribution is 5.29. The lowest BCUT2D eigenvalue weighted by Gasteiger charge is -2.28. The molecular weight excluding hydrogens is 260 g/mol. The first-order valence-corrected chi connectivity index (χ1v) is 8.29. The number of ether oxygens (including phenoxy) is 1. The summed E-state index contributed by atoms with van der Waals surface area (Å²) in [5.74, 6) is 0. The molecule has 1 saturated heterocycles. The van der Waals surface area contributed by atoms with Crippen LogP contribution in [-0.2, 0) is 4.74 Å². The maximum atomic E-state index is 5.75. The molecule has 0 spiro atoms. The SMILES string of the molecule is CCCNC(CN(C)CC1CCCO1)c1ccccc1C. The van der Waals surface area contributed by atoms with E-state index in [1.807, 2.05) is 0 Å². The molecule has 3 heteroatoms. The zero-order chi connectivity index (χ0) is 15.1. The minimum atomic E-state index is 0.401. The molecule has 1 fully saturated rings. The molecule has 118 valence electrons. The molecule has 1 aromatic rings. The van der Waals surface area contributed by atoms with Crippen LogP contribution < -0.4 is 5.32 Å². The molecule has 21 heavy (non-hydrogen) atoms. The Morgan fingerprint density at radius 2 is 2.19 bits per heavy atom. The summed E-state index contributed by atoms with van der Waals surface area (Å²) in [4.78, 5) is 2.41. The van der Waals surface area contributed by atoms with Crippen LogP contribution in [0.4, 0.5) is 0 Å². The van der Waals surface area contributed by atoms with E-state index in [1.165, 1.54) is 24.0 Å². The Bertz CT molecular complexity index is 415. The molecule has 3 nitrogen and oxygen atoms in total. The molecule has 1 heterocycles. The van der Waals surface area contributed by atoms with Crippen LogP contribution in [-0.4, -0.2) is 44.3 Å². The summed E-state index contributed by atoms with van der Waals surface area (Å²) >= 11 is 0. The third-order valence-corrected chi connectivity index (χ3v) is 4.24. The fourth-order valence-electron chi connectivity index (χ4n) is 3.09. The first kappa shape index (κ1) is 16.5. The third kappa shape index (κ3) is 5.10. The van der Waals surface area contributed by atoms with Crippen LogP contribution in [0.1, 0.15) is 43.4 Å².